The Morgan fingerprint density at radius 1 is 1.07 bits per heavy atom. The number of allylic oxidation sites excluding steroid dienone is 3. The molecule has 1 saturated carbocycles. The molecule has 1 aromatic carbocycles. The van der Waals surface area contributed by atoms with Crippen LogP contribution in [0.4, 0.5) is 8.78 Å². The lowest BCUT2D eigenvalue weighted by molar-refractivity contribution is -0.106. The number of hydrogen-bond donors (Lipinski definition) is 3. The molecule has 3 aliphatic rings. The van der Waals surface area contributed by atoms with Crippen LogP contribution in [0.2, 0.25) is 0 Å². The number of halogens is 2. The topological polar surface area (TPSA) is 126 Å². The molecule has 232 valence electrons. The van der Waals surface area contributed by atoms with E-state index in [1.54, 1.807) is 6.08 Å². The summed E-state index contributed by atoms with van der Waals surface area (Å²) in [6.45, 7) is 13.9. The number of aromatic nitrogens is 3. The third kappa shape index (κ3) is 6.50. The third-order valence-electron chi connectivity index (χ3n) is 9.10. The second-order valence-corrected chi connectivity index (χ2v) is 12.1. The minimum absolute atomic E-state index is 0.0349. The fourth-order valence-electron chi connectivity index (χ4n) is 6.35. The van der Waals surface area contributed by atoms with Gasteiger partial charge in [-0.15, -0.1) is 0 Å². The maximum Gasteiger partial charge on any atom is 0.204 e. The molecule has 6 N–H and O–H groups in total. The maximum absolute atomic E-state index is 14.5. The summed E-state index contributed by atoms with van der Waals surface area (Å²) in [6, 6.07) is 9.83. The van der Waals surface area contributed by atoms with Crippen molar-refractivity contribution < 1.29 is 13.6 Å². The molecule has 1 fully saturated rings. The Morgan fingerprint density at radius 2 is 1.67 bits per heavy atom. The fourth-order valence-corrected chi connectivity index (χ4v) is 6.35. The number of pyridine rings is 1. The number of carbonyl (C=O) groups excluding carboxylic acids is 1. The molecule has 2 bridgehead atoms. The Kier molecular flexibility index (Phi) is 10.5. The Balaban J connectivity index is 0.000000953. The van der Waals surface area contributed by atoms with Crippen LogP contribution in [0.1, 0.15) is 84.9 Å². The van der Waals surface area contributed by atoms with Crippen molar-refractivity contribution in [2.24, 2.45) is 28.0 Å². The summed E-state index contributed by atoms with van der Waals surface area (Å²) in [5, 5.41) is 4.47. The van der Waals surface area contributed by atoms with Crippen molar-refractivity contribution in [3.05, 3.63) is 89.0 Å². The molecule has 3 aromatic rings. The molecule has 43 heavy (non-hydrogen) atoms. The average Bonchev–Trinajstić information content (AvgIpc) is 3.43. The van der Waals surface area contributed by atoms with E-state index in [0.717, 1.165) is 54.8 Å². The van der Waals surface area contributed by atoms with Crippen LogP contribution in [-0.2, 0) is 16.8 Å². The summed E-state index contributed by atoms with van der Waals surface area (Å²) < 4.78 is 31.0. The zero-order chi connectivity index (χ0) is 32.0. The van der Waals surface area contributed by atoms with Gasteiger partial charge in [0.05, 0.1) is 28.6 Å². The van der Waals surface area contributed by atoms with Gasteiger partial charge in [0.25, 0.3) is 0 Å². The minimum atomic E-state index is -0.687. The quantitative estimate of drug-likeness (QED) is 0.271. The first kappa shape index (κ1) is 33.5. The number of fused-ring (bicyclic) bond motifs is 3. The maximum atomic E-state index is 14.5. The van der Waals surface area contributed by atoms with Gasteiger partial charge in [-0.05, 0) is 78.8 Å². The highest BCUT2D eigenvalue weighted by Gasteiger charge is 2.61. The monoisotopic (exact) mass is 592 g/mol. The number of amides is 1. The fraction of sp³-hybridized carbons (Fsp3) is 0.441. The zero-order valence-electron chi connectivity index (χ0n) is 26.3. The number of benzene rings is 1. The molecule has 0 aliphatic heterocycles. The molecule has 6 rings (SSSR count). The van der Waals surface area contributed by atoms with Crippen LogP contribution in [-0.4, -0.2) is 21.2 Å². The Labute approximate surface area is 254 Å². The van der Waals surface area contributed by atoms with E-state index >= 15 is 0 Å². The van der Waals surface area contributed by atoms with Gasteiger partial charge in [0.1, 0.15) is 11.6 Å². The lowest BCUT2D eigenvalue weighted by Crippen LogP contribution is -2.58. The summed E-state index contributed by atoms with van der Waals surface area (Å²) in [5.74, 6) is -1.37. The highest BCUT2D eigenvalue weighted by Crippen LogP contribution is 2.67. The molecule has 1 amide bonds. The summed E-state index contributed by atoms with van der Waals surface area (Å²) in [7, 11) is 0. The van der Waals surface area contributed by atoms with Crippen molar-refractivity contribution in [2.75, 3.05) is 0 Å². The molecule has 0 spiro atoms. The highest BCUT2D eigenvalue weighted by atomic mass is 19.1. The van der Waals surface area contributed by atoms with E-state index in [-0.39, 0.29) is 28.5 Å². The Hall–Kier alpha value is -4.01. The molecule has 2 aromatic heterocycles. The number of nitrogens with zero attached hydrogens (tertiary/aromatic N) is 3. The van der Waals surface area contributed by atoms with E-state index in [0.29, 0.717) is 12.1 Å². The van der Waals surface area contributed by atoms with Crippen LogP contribution in [0.3, 0.4) is 0 Å². The normalized spacial score (nSPS) is 24.2. The smallest absolute Gasteiger partial charge is 0.204 e. The number of rotatable bonds is 6. The van der Waals surface area contributed by atoms with Crippen LogP contribution in [0, 0.1) is 22.5 Å². The van der Waals surface area contributed by atoms with Crippen LogP contribution >= 0.6 is 0 Å². The highest BCUT2D eigenvalue weighted by molar-refractivity contribution is 5.67. The summed E-state index contributed by atoms with van der Waals surface area (Å²) in [4.78, 5) is 13.7. The number of nitrogens with two attached hydrogens (primary N) is 3. The first-order chi connectivity index (χ1) is 20.4. The summed E-state index contributed by atoms with van der Waals surface area (Å²) >= 11 is 0. The molecule has 0 radical (unpaired) electrons. The largest absolute Gasteiger partial charge is 0.401 e. The van der Waals surface area contributed by atoms with Crippen molar-refractivity contribution >= 4 is 12.1 Å². The van der Waals surface area contributed by atoms with Crippen molar-refractivity contribution in [1.29, 1.82) is 0 Å². The number of aryl methyl sites for hydroxylation is 1. The molecule has 9 heteroatoms. The van der Waals surface area contributed by atoms with Gasteiger partial charge < -0.3 is 17.2 Å². The molecule has 7 nitrogen and oxygen atoms in total. The molecule has 2 heterocycles. The molecular formula is C34H46F2N6O. The van der Waals surface area contributed by atoms with E-state index in [2.05, 4.69) is 38.5 Å². The summed E-state index contributed by atoms with van der Waals surface area (Å²) in [5.41, 5.74) is 21.2. The van der Waals surface area contributed by atoms with Gasteiger partial charge >= 0.3 is 0 Å². The first-order valence-corrected chi connectivity index (χ1v) is 15.0. The van der Waals surface area contributed by atoms with E-state index in [1.165, 1.54) is 18.2 Å². The third-order valence-corrected chi connectivity index (χ3v) is 9.10. The van der Waals surface area contributed by atoms with E-state index in [4.69, 9.17) is 21.2 Å². The first-order valence-electron chi connectivity index (χ1n) is 15.0. The van der Waals surface area contributed by atoms with Gasteiger partial charge in [0, 0.05) is 29.7 Å². The molecule has 0 unspecified atom stereocenters. The zero-order valence-corrected chi connectivity index (χ0v) is 26.3. The van der Waals surface area contributed by atoms with Crippen LogP contribution in [0.5, 0.6) is 0 Å². The van der Waals surface area contributed by atoms with E-state index < -0.39 is 17.0 Å². The predicted molar refractivity (Wildman–Crippen MR) is 169 cm³/mol. The van der Waals surface area contributed by atoms with Gasteiger partial charge in [-0.1, -0.05) is 53.7 Å². The van der Waals surface area contributed by atoms with E-state index in [9.17, 15) is 8.78 Å². The molecule has 0 atom stereocenters. The number of hydrogen-bond acceptors (Lipinski definition) is 5. The van der Waals surface area contributed by atoms with Gasteiger partial charge in [0.15, 0.2) is 0 Å². The predicted octanol–water partition coefficient (Wildman–Crippen LogP) is 6.83. The van der Waals surface area contributed by atoms with E-state index in [1.807, 2.05) is 49.1 Å². The van der Waals surface area contributed by atoms with Crippen molar-refractivity contribution in [3.8, 4) is 11.3 Å². The molecule has 3 aliphatic carbocycles. The molecular weight excluding hydrogens is 546 g/mol. The summed E-state index contributed by atoms with van der Waals surface area (Å²) in [6.07, 6.45) is 10.0. The minimum Gasteiger partial charge on any atom is -0.401 e. The lowest BCUT2D eigenvalue weighted by Gasteiger charge is -2.63. The van der Waals surface area contributed by atoms with Crippen molar-refractivity contribution in [1.82, 2.24) is 14.8 Å². The number of carbonyl (C=O) groups is 1. The second kappa shape index (κ2) is 13.5. The number of primary amides is 1. The standard InChI is InChI=1S/C31H37F2N5.C2H6.CH3NO/c1-5-14-38-17-21(16-36-38)25-10-7-11-26(37-25)31-18-30(4,19-31)29(2,3)13-12-20(28(31)35)15-24(34)27-22(32)8-6-9-23(27)33;1-2;2-1-3/h6-11,15-17H,5,12-14,18-19,34-35H2,1-4H3;1-2H3;1H,(H2,2,3)/b24-15-,28-20-;;. The SMILES string of the molecule is CC.CCCn1cc(-c2cccc(C34CC(C)(C3)C(C)(C)CCC(/C=C(\N)c3c(F)cccc3F)=C\4N)n2)cn1.NC=O. The lowest BCUT2D eigenvalue weighted by atomic mass is 9.41. The Bertz CT molecular complexity index is 1460. The van der Waals surface area contributed by atoms with Crippen LogP contribution in [0.15, 0.2) is 66.1 Å². The van der Waals surface area contributed by atoms with Crippen molar-refractivity contribution in [2.45, 2.75) is 85.6 Å². The van der Waals surface area contributed by atoms with Gasteiger partial charge in [0.2, 0.25) is 6.41 Å². The van der Waals surface area contributed by atoms with Crippen LogP contribution in [0.25, 0.3) is 17.0 Å². The average molecular weight is 593 g/mol. The van der Waals surface area contributed by atoms with Gasteiger partial charge in [-0.2, -0.15) is 5.10 Å². The van der Waals surface area contributed by atoms with Gasteiger partial charge in [-0.25, -0.2) is 8.78 Å². The van der Waals surface area contributed by atoms with Gasteiger partial charge in [-0.3, -0.25) is 14.5 Å². The Morgan fingerprint density at radius 3 is 2.28 bits per heavy atom. The molecule has 0 saturated heterocycles. The van der Waals surface area contributed by atoms with Crippen molar-refractivity contribution in [3.63, 3.8) is 0 Å². The second-order valence-electron chi connectivity index (χ2n) is 12.1. The van der Waals surface area contributed by atoms with Crippen LogP contribution < -0.4 is 17.2 Å².